The van der Waals surface area contributed by atoms with Crippen LogP contribution >= 0.6 is 15.9 Å². The number of hydrogen-bond acceptors (Lipinski definition) is 8. The number of piperazine rings is 1. The third-order valence-corrected chi connectivity index (χ3v) is 7.50. The molecule has 1 aliphatic heterocycles. The molecule has 1 heterocycles. The summed E-state index contributed by atoms with van der Waals surface area (Å²) in [6.07, 6.45) is 1.41. The van der Waals surface area contributed by atoms with E-state index in [2.05, 4.69) is 26.5 Å². The zero-order valence-electron chi connectivity index (χ0n) is 18.2. The van der Waals surface area contributed by atoms with Crippen LogP contribution < -0.4 is 14.9 Å². The fraction of sp³-hybridized carbons (Fsp3) is 0.333. The number of nitrogens with zero attached hydrogens (tertiary/aromatic N) is 3. The zero-order chi connectivity index (χ0) is 24.0. The number of hydrogen-bond donors (Lipinski definition) is 2. The summed E-state index contributed by atoms with van der Waals surface area (Å²) in [4.78, 5) is 14.4. The maximum Gasteiger partial charge on any atom is 0.254 e. The van der Waals surface area contributed by atoms with E-state index in [0.29, 0.717) is 31.7 Å². The Morgan fingerprint density at radius 2 is 1.70 bits per heavy atom. The Morgan fingerprint density at radius 1 is 1.12 bits per heavy atom. The molecular weight excluding hydrogens is 516 g/mol. The summed E-state index contributed by atoms with van der Waals surface area (Å²) in [5.74, 6) is -0.00757. The van der Waals surface area contributed by atoms with Crippen LogP contribution in [0.1, 0.15) is 5.56 Å². The molecule has 0 bridgehead atoms. The maximum absolute atomic E-state index is 12.8. The average molecular weight is 541 g/mol. The number of phenols is 1. The number of carbonyl (C=O) groups is 1. The van der Waals surface area contributed by atoms with Gasteiger partial charge in [0, 0.05) is 36.2 Å². The number of halogens is 1. The van der Waals surface area contributed by atoms with Crippen molar-refractivity contribution >= 4 is 38.1 Å². The minimum atomic E-state index is -3.57. The molecule has 12 heteroatoms. The van der Waals surface area contributed by atoms with E-state index in [1.54, 1.807) is 36.4 Å². The van der Waals surface area contributed by atoms with Crippen molar-refractivity contribution in [1.82, 2.24) is 14.6 Å². The van der Waals surface area contributed by atoms with Gasteiger partial charge in [0.2, 0.25) is 15.8 Å². The van der Waals surface area contributed by atoms with Crippen LogP contribution in [0.15, 0.2) is 50.9 Å². The highest BCUT2D eigenvalue weighted by atomic mass is 79.9. The highest BCUT2D eigenvalue weighted by Crippen LogP contribution is 2.36. The molecule has 1 amide bonds. The predicted octanol–water partition coefficient (Wildman–Crippen LogP) is 1.63. The zero-order valence-corrected chi connectivity index (χ0v) is 20.6. The first-order valence-electron chi connectivity index (χ1n) is 9.99. The minimum absolute atomic E-state index is 0.0890. The van der Waals surface area contributed by atoms with Crippen molar-refractivity contribution in [2.75, 3.05) is 46.9 Å². The van der Waals surface area contributed by atoms with Crippen LogP contribution in [-0.4, -0.2) is 81.8 Å². The number of nitrogens with one attached hydrogen (secondary N) is 1. The van der Waals surface area contributed by atoms with E-state index in [-0.39, 0.29) is 34.6 Å². The molecule has 178 valence electrons. The van der Waals surface area contributed by atoms with Crippen molar-refractivity contribution in [3.05, 3.63) is 46.4 Å². The molecule has 0 aromatic heterocycles. The molecule has 0 radical (unpaired) electrons. The molecule has 0 saturated carbocycles. The van der Waals surface area contributed by atoms with Crippen molar-refractivity contribution in [2.24, 2.45) is 5.10 Å². The Labute approximate surface area is 201 Å². The van der Waals surface area contributed by atoms with Crippen LogP contribution in [-0.2, 0) is 14.8 Å². The number of benzene rings is 2. The number of phenolic OH excluding ortho intramolecular Hbond substituents is 1. The molecule has 1 aliphatic rings. The Morgan fingerprint density at radius 3 is 2.24 bits per heavy atom. The summed E-state index contributed by atoms with van der Waals surface area (Å²) < 4.78 is 38.0. The third-order valence-electron chi connectivity index (χ3n) is 5.05. The molecule has 1 fully saturated rings. The second-order valence-corrected chi connectivity index (χ2v) is 10.1. The number of aromatic hydroxyl groups is 1. The second-order valence-electron chi connectivity index (χ2n) is 7.20. The van der Waals surface area contributed by atoms with Gasteiger partial charge in [-0.15, -0.1) is 0 Å². The lowest BCUT2D eigenvalue weighted by molar-refractivity contribution is -0.122. The van der Waals surface area contributed by atoms with Crippen molar-refractivity contribution < 1.29 is 27.8 Å². The highest BCUT2D eigenvalue weighted by molar-refractivity contribution is 9.10. The van der Waals surface area contributed by atoms with Gasteiger partial charge < -0.3 is 14.6 Å². The smallest absolute Gasteiger partial charge is 0.254 e. The highest BCUT2D eigenvalue weighted by Gasteiger charge is 2.29. The molecule has 2 aromatic rings. The summed E-state index contributed by atoms with van der Waals surface area (Å²) in [6, 6.07) is 9.63. The molecule has 0 unspecified atom stereocenters. The van der Waals surface area contributed by atoms with Gasteiger partial charge in [0.15, 0.2) is 11.5 Å². The standard InChI is InChI=1S/C21H25BrN4O6S/c1-31-18-11-15(12-19(32-2)21(18)28)13-23-24-20(27)14-25-7-9-26(10-8-25)33(29,30)17-5-3-16(22)4-6-17/h3-6,11-13,28H,7-10,14H2,1-2H3,(H,24,27)/b23-13-. The van der Waals surface area contributed by atoms with Crippen molar-refractivity contribution in [2.45, 2.75) is 4.90 Å². The van der Waals surface area contributed by atoms with E-state index in [1.165, 1.54) is 24.7 Å². The number of rotatable bonds is 8. The van der Waals surface area contributed by atoms with Gasteiger partial charge in [0.1, 0.15) is 0 Å². The van der Waals surface area contributed by atoms with Crippen LogP contribution in [0.3, 0.4) is 0 Å². The van der Waals surface area contributed by atoms with Crippen LogP contribution in [0.2, 0.25) is 0 Å². The van der Waals surface area contributed by atoms with Gasteiger partial charge in [-0.25, -0.2) is 13.8 Å². The van der Waals surface area contributed by atoms with E-state index in [4.69, 9.17) is 9.47 Å². The molecular formula is C21H25BrN4O6S. The summed E-state index contributed by atoms with van der Waals surface area (Å²) in [5.41, 5.74) is 3.01. The molecule has 0 aliphatic carbocycles. The van der Waals surface area contributed by atoms with Crippen molar-refractivity contribution in [1.29, 1.82) is 0 Å². The van der Waals surface area contributed by atoms with Crippen LogP contribution in [0, 0.1) is 0 Å². The topological polar surface area (TPSA) is 121 Å². The van der Waals surface area contributed by atoms with Crippen LogP contribution in [0.5, 0.6) is 17.2 Å². The number of carbonyl (C=O) groups excluding carboxylic acids is 1. The van der Waals surface area contributed by atoms with E-state index in [0.717, 1.165) is 4.47 Å². The molecule has 0 spiro atoms. The largest absolute Gasteiger partial charge is 0.502 e. The Bertz CT molecular complexity index is 1090. The van der Waals surface area contributed by atoms with Gasteiger partial charge in [-0.3, -0.25) is 9.69 Å². The van der Waals surface area contributed by atoms with E-state index in [1.807, 2.05) is 4.90 Å². The molecule has 1 saturated heterocycles. The summed E-state index contributed by atoms with van der Waals surface area (Å²) in [7, 11) is -0.731. The molecule has 3 rings (SSSR count). The number of ether oxygens (including phenoxy) is 2. The predicted molar refractivity (Wildman–Crippen MR) is 126 cm³/mol. The van der Waals surface area contributed by atoms with Gasteiger partial charge >= 0.3 is 0 Å². The van der Waals surface area contributed by atoms with E-state index < -0.39 is 10.0 Å². The fourth-order valence-corrected chi connectivity index (χ4v) is 4.98. The van der Waals surface area contributed by atoms with E-state index >= 15 is 0 Å². The van der Waals surface area contributed by atoms with Gasteiger partial charge in [-0.2, -0.15) is 9.41 Å². The third kappa shape index (κ3) is 6.22. The Hall–Kier alpha value is -2.67. The molecule has 2 aromatic carbocycles. The number of hydrazone groups is 1. The van der Waals surface area contributed by atoms with Crippen molar-refractivity contribution in [3.8, 4) is 17.2 Å². The van der Waals surface area contributed by atoms with Crippen LogP contribution in [0.25, 0.3) is 0 Å². The lowest BCUT2D eigenvalue weighted by atomic mass is 10.2. The van der Waals surface area contributed by atoms with Gasteiger partial charge in [0.05, 0.1) is 31.9 Å². The fourth-order valence-electron chi connectivity index (χ4n) is 3.29. The van der Waals surface area contributed by atoms with E-state index in [9.17, 15) is 18.3 Å². The van der Waals surface area contributed by atoms with Gasteiger partial charge in [-0.1, -0.05) is 15.9 Å². The monoisotopic (exact) mass is 540 g/mol. The first-order valence-corrected chi connectivity index (χ1v) is 12.2. The summed E-state index contributed by atoms with van der Waals surface area (Å²) in [6.45, 7) is 1.54. The Balaban J connectivity index is 1.51. The quantitative estimate of drug-likeness (QED) is 0.385. The first kappa shape index (κ1) is 25.0. The maximum atomic E-state index is 12.8. The SMILES string of the molecule is COc1cc(/C=N\NC(=O)CN2CCN(S(=O)(=O)c3ccc(Br)cc3)CC2)cc(OC)c1O. The minimum Gasteiger partial charge on any atom is -0.502 e. The van der Waals surface area contributed by atoms with Gasteiger partial charge in [-0.05, 0) is 36.4 Å². The van der Waals surface area contributed by atoms with Gasteiger partial charge in [0.25, 0.3) is 5.91 Å². The molecule has 0 atom stereocenters. The Kier molecular flexibility index (Phi) is 8.30. The number of methoxy groups -OCH3 is 2. The summed E-state index contributed by atoms with van der Waals surface area (Å²) in [5, 5.41) is 13.9. The summed E-state index contributed by atoms with van der Waals surface area (Å²) >= 11 is 3.30. The lowest BCUT2D eigenvalue weighted by Gasteiger charge is -2.33. The lowest BCUT2D eigenvalue weighted by Crippen LogP contribution is -2.50. The van der Waals surface area contributed by atoms with Crippen molar-refractivity contribution in [3.63, 3.8) is 0 Å². The molecule has 10 nitrogen and oxygen atoms in total. The normalized spacial score (nSPS) is 15.5. The molecule has 33 heavy (non-hydrogen) atoms. The molecule has 2 N–H and O–H groups in total. The number of amides is 1. The number of sulfonamides is 1. The first-order chi connectivity index (χ1) is 15.7. The van der Waals surface area contributed by atoms with Crippen LogP contribution in [0.4, 0.5) is 0 Å². The average Bonchev–Trinajstić information content (AvgIpc) is 2.80. The second kappa shape index (κ2) is 11.0.